The van der Waals surface area contributed by atoms with Crippen molar-refractivity contribution < 1.29 is 9.90 Å². The SMILES string of the molecule is CC(NC(C)(C(=O)O)C1CC1)C1CC1. The third-order valence-corrected chi connectivity index (χ3v) is 3.69. The van der Waals surface area contributed by atoms with Crippen LogP contribution < -0.4 is 5.32 Å². The zero-order valence-corrected chi connectivity index (χ0v) is 8.92. The van der Waals surface area contributed by atoms with E-state index in [1.807, 2.05) is 6.92 Å². The molecule has 0 aromatic heterocycles. The maximum atomic E-state index is 11.2. The van der Waals surface area contributed by atoms with Crippen LogP contribution in [0.15, 0.2) is 0 Å². The van der Waals surface area contributed by atoms with Gasteiger partial charge in [0.05, 0.1) is 0 Å². The first-order valence-electron chi connectivity index (χ1n) is 5.55. The van der Waals surface area contributed by atoms with Crippen LogP contribution in [-0.2, 0) is 4.79 Å². The standard InChI is InChI=1S/C11H19NO2/c1-7(8-3-4-8)12-11(2,10(13)14)9-5-6-9/h7-9,12H,3-6H2,1-2H3,(H,13,14). The molecule has 0 radical (unpaired) electrons. The fraction of sp³-hybridized carbons (Fsp3) is 0.909. The summed E-state index contributed by atoms with van der Waals surface area (Å²) in [6, 6.07) is 0.358. The zero-order chi connectivity index (χ0) is 10.3. The van der Waals surface area contributed by atoms with E-state index in [1.165, 1.54) is 12.8 Å². The Hall–Kier alpha value is -0.570. The summed E-state index contributed by atoms with van der Waals surface area (Å²) in [5.74, 6) is 0.376. The molecule has 2 N–H and O–H groups in total. The van der Waals surface area contributed by atoms with Crippen molar-refractivity contribution in [3.63, 3.8) is 0 Å². The summed E-state index contributed by atoms with van der Waals surface area (Å²) in [7, 11) is 0. The van der Waals surface area contributed by atoms with Crippen molar-refractivity contribution in [2.75, 3.05) is 0 Å². The van der Waals surface area contributed by atoms with Crippen LogP contribution in [0.4, 0.5) is 0 Å². The molecule has 2 fully saturated rings. The number of carbonyl (C=O) groups is 1. The normalized spacial score (nSPS) is 28.1. The molecule has 0 aromatic carbocycles. The van der Waals surface area contributed by atoms with E-state index in [-0.39, 0.29) is 0 Å². The molecule has 2 aliphatic rings. The lowest BCUT2D eigenvalue weighted by atomic mass is 9.94. The van der Waals surface area contributed by atoms with E-state index in [4.69, 9.17) is 0 Å². The van der Waals surface area contributed by atoms with Crippen LogP contribution in [0.5, 0.6) is 0 Å². The number of nitrogens with one attached hydrogen (secondary N) is 1. The summed E-state index contributed by atoms with van der Waals surface area (Å²) in [6.07, 6.45) is 4.64. The van der Waals surface area contributed by atoms with Gasteiger partial charge in [0.2, 0.25) is 0 Å². The molecule has 2 aliphatic carbocycles. The Balaban J connectivity index is 1.98. The minimum Gasteiger partial charge on any atom is -0.480 e. The predicted molar refractivity (Wildman–Crippen MR) is 54.1 cm³/mol. The van der Waals surface area contributed by atoms with Crippen molar-refractivity contribution in [3.05, 3.63) is 0 Å². The maximum absolute atomic E-state index is 11.2. The quantitative estimate of drug-likeness (QED) is 0.704. The molecule has 0 bridgehead atoms. The molecule has 3 heteroatoms. The van der Waals surface area contributed by atoms with E-state index < -0.39 is 11.5 Å². The smallest absolute Gasteiger partial charge is 0.323 e. The van der Waals surface area contributed by atoms with Gasteiger partial charge in [-0.05, 0) is 51.4 Å². The van der Waals surface area contributed by atoms with E-state index in [1.54, 1.807) is 0 Å². The van der Waals surface area contributed by atoms with Crippen LogP contribution in [-0.4, -0.2) is 22.7 Å². The molecule has 2 atom stereocenters. The topological polar surface area (TPSA) is 49.3 Å². The van der Waals surface area contributed by atoms with Gasteiger partial charge in [-0.2, -0.15) is 0 Å². The molecule has 0 amide bonds. The molecular weight excluding hydrogens is 178 g/mol. The Morgan fingerprint density at radius 1 is 1.43 bits per heavy atom. The largest absolute Gasteiger partial charge is 0.480 e. The molecule has 2 unspecified atom stereocenters. The fourth-order valence-electron chi connectivity index (χ4n) is 2.20. The summed E-state index contributed by atoms with van der Waals surface area (Å²) < 4.78 is 0. The molecule has 2 saturated carbocycles. The van der Waals surface area contributed by atoms with Crippen LogP contribution in [0.25, 0.3) is 0 Å². The van der Waals surface area contributed by atoms with Gasteiger partial charge >= 0.3 is 5.97 Å². The Labute approximate surface area is 84.9 Å². The van der Waals surface area contributed by atoms with E-state index in [0.29, 0.717) is 17.9 Å². The van der Waals surface area contributed by atoms with Crippen molar-refractivity contribution in [1.29, 1.82) is 0 Å². The predicted octanol–water partition coefficient (Wildman–Crippen LogP) is 1.63. The Morgan fingerprint density at radius 2 is 2.00 bits per heavy atom. The van der Waals surface area contributed by atoms with Crippen molar-refractivity contribution in [2.24, 2.45) is 11.8 Å². The lowest BCUT2D eigenvalue weighted by Crippen LogP contribution is -2.55. The number of carboxylic acids is 1. The van der Waals surface area contributed by atoms with Crippen LogP contribution in [0.3, 0.4) is 0 Å². The summed E-state index contributed by atoms with van der Waals surface area (Å²) in [5, 5.41) is 12.5. The van der Waals surface area contributed by atoms with Crippen molar-refractivity contribution in [3.8, 4) is 0 Å². The average molecular weight is 197 g/mol. The zero-order valence-electron chi connectivity index (χ0n) is 8.92. The van der Waals surface area contributed by atoms with Gasteiger partial charge in [-0.25, -0.2) is 0 Å². The second-order valence-corrected chi connectivity index (χ2v) is 5.05. The Kier molecular flexibility index (Phi) is 2.30. The molecule has 0 aromatic rings. The van der Waals surface area contributed by atoms with Gasteiger partial charge in [0.1, 0.15) is 5.54 Å². The van der Waals surface area contributed by atoms with E-state index >= 15 is 0 Å². The maximum Gasteiger partial charge on any atom is 0.323 e. The van der Waals surface area contributed by atoms with Gasteiger partial charge in [-0.1, -0.05) is 0 Å². The number of carboxylic acid groups (broad SMARTS) is 1. The first kappa shape index (κ1) is 9.97. The molecule has 0 spiro atoms. The molecule has 14 heavy (non-hydrogen) atoms. The monoisotopic (exact) mass is 197 g/mol. The second kappa shape index (κ2) is 3.23. The summed E-state index contributed by atoms with van der Waals surface area (Å²) in [5.41, 5.74) is -0.679. The lowest BCUT2D eigenvalue weighted by molar-refractivity contribution is -0.145. The van der Waals surface area contributed by atoms with Gasteiger partial charge in [-0.15, -0.1) is 0 Å². The third kappa shape index (κ3) is 1.78. The molecule has 0 heterocycles. The highest BCUT2D eigenvalue weighted by Crippen LogP contribution is 2.41. The first-order valence-corrected chi connectivity index (χ1v) is 5.55. The summed E-state index contributed by atoms with van der Waals surface area (Å²) >= 11 is 0. The Morgan fingerprint density at radius 3 is 2.36 bits per heavy atom. The lowest BCUT2D eigenvalue weighted by Gasteiger charge is -2.30. The van der Waals surface area contributed by atoms with Crippen molar-refractivity contribution in [1.82, 2.24) is 5.32 Å². The minimum absolute atomic E-state index is 0.348. The Bertz CT molecular complexity index is 246. The highest BCUT2D eigenvalue weighted by Gasteiger charge is 2.49. The van der Waals surface area contributed by atoms with Gasteiger partial charge < -0.3 is 5.11 Å². The first-order chi connectivity index (χ1) is 6.54. The number of hydrogen-bond acceptors (Lipinski definition) is 2. The van der Waals surface area contributed by atoms with Crippen molar-refractivity contribution >= 4 is 5.97 Å². The molecule has 3 nitrogen and oxygen atoms in total. The van der Waals surface area contributed by atoms with E-state index in [9.17, 15) is 9.90 Å². The minimum atomic E-state index is -0.687. The molecule has 2 rings (SSSR count). The summed E-state index contributed by atoms with van der Waals surface area (Å²) in [6.45, 7) is 3.95. The van der Waals surface area contributed by atoms with Crippen LogP contribution in [0.1, 0.15) is 39.5 Å². The van der Waals surface area contributed by atoms with Crippen LogP contribution in [0.2, 0.25) is 0 Å². The van der Waals surface area contributed by atoms with Crippen LogP contribution in [0, 0.1) is 11.8 Å². The third-order valence-electron chi connectivity index (χ3n) is 3.69. The average Bonchev–Trinajstić information content (AvgIpc) is 2.96. The highest BCUT2D eigenvalue weighted by atomic mass is 16.4. The number of aliphatic carboxylic acids is 1. The number of rotatable bonds is 5. The number of hydrogen-bond donors (Lipinski definition) is 2. The van der Waals surface area contributed by atoms with Crippen molar-refractivity contribution in [2.45, 2.75) is 51.1 Å². The molecule has 0 aliphatic heterocycles. The molecule has 80 valence electrons. The van der Waals surface area contributed by atoms with E-state index in [0.717, 1.165) is 12.8 Å². The van der Waals surface area contributed by atoms with Crippen LogP contribution >= 0.6 is 0 Å². The molecule has 0 saturated heterocycles. The van der Waals surface area contributed by atoms with Gasteiger partial charge in [0.15, 0.2) is 0 Å². The molecular formula is C11H19NO2. The highest BCUT2D eigenvalue weighted by molar-refractivity contribution is 5.79. The van der Waals surface area contributed by atoms with E-state index in [2.05, 4.69) is 12.2 Å². The van der Waals surface area contributed by atoms with Gasteiger partial charge in [0.25, 0.3) is 0 Å². The summed E-state index contributed by atoms with van der Waals surface area (Å²) in [4.78, 5) is 11.2. The van der Waals surface area contributed by atoms with Gasteiger partial charge in [-0.3, -0.25) is 10.1 Å². The van der Waals surface area contributed by atoms with Gasteiger partial charge in [0, 0.05) is 6.04 Å². The second-order valence-electron chi connectivity index (χ2n) is 5.05. The fourth-order valence-corrected chi connectivity index (χ4v) is 2.20.